The van der Waals surface area contributed by atoms with Crippen LogP contribution >= 0.6 is 11.8 Å². The summed E-state index contributed by atoms with van der Waals surface area (Å²) in [6, 6.07) is 10.9. The first-order chi connectivity index (χ1) is 7.80. The monoisotopic (exact) mass is 232 g/mol. The highest BCUT2D eigenvalue weighted by Crippen LogP contribution is 2.34. The fourth-order valence-electron chi connectivity index (χ4n) is 2.24. The third-order valence-electron chi connectivity index (χ3n) is 3.29. The van der Waals surface area contributed by atoms with Crippen LogP contribution in [-0.4, -0.2) is 19.3 Å². The summed E-state index contributed by atoms with van der Waals surface area (Å²) in [5, 5.41) is 12.8. The van der Waals surface area contributed by atoms with Crippen LogP contribution in [0.1, 0.15) is 18.4 Å². The molecule has 0 saturated carbocycles. The van der Waals surface area contributed by atoms with Crippen molar-refractivity contribution in [2.24, 2.45) is 0 Å². The molecule has 1 saturated heterocycles. The molecule has 3 heteroatoms. The molecule has 0 unspecified atom stereocenters. The van der Waals surface area contributed by atoms with E-state index < -0.39 is 0 Å². The molecule has 0 radical (unpaired) electrons. The Labute approximate surface area is 101 Å². The topological polar surface area (TPSA) is 35.8 Å². The summed E-state index contributed by atoms with van der Waals surface area (Å²) >= 11 is 1.73. The van der Waals surface area contributed by atoms with E-state index in [0.29, 0.717) is 0 Å². The van der Waals surface area contributed by atoms with Crippen molar-refractivity contribution >= 4 is 11.8 Å². The Hall–Kier alpha value is -0.980. The van der Waals surface area contributed by atoms with Crippen LogP contribution in [0.3, 0.4) is 0 Å². The number of benzene rings is 1. The second-order valence-electron chi connectivity index (χ2n) is 4.18. The lowest BCUT2D eigenvalue weighted by Crippen LogP contribution is -2.38. The van der Waals surface area contributed by atoms with Crippen molar-refractivity contribution in [2.45, 2.75) is 23.2 Å². The molecule has 0 atom stereocenters. The van der Waals surface area contributed by atoms with E-state index in [2.05, 4.69) is 41.9 Å². The first-order valence-electron chi connectivity index (χ1n) is 5.57. The van der Waals surface area contributed by atoms with E-state index in [1.165, 1.54) is 10.5 Å². The van der Waals surface area contributed by atoms with Crippen LogP contribution in [0.4, 0.5) is 0 Å². The molecule has 1 fully saturated rings. The zero-order valence-corrected chi connectivity index (χ0v) is 10.3. The van der Waals surface area contributed by atoms with Crippen molar-refractivity contribution in [1.29, 1.82) is 5.26 Å². The number of nitrogens with zero attached hydrogens (tertiary/aromatic N) is 1. The number of nitrogens with one attached hydrogen (secondary N) is 1. The van der Waals surface area contributed by atoms with Gasteiger partial charge in [-0.2, -0.15) is 5.26 Å². The fourth-order valence-corrected chi connectivity index (χ4v) is 2.70. The molecule has 0 bridgehead atoms. The molecule has 0 aliphatic carbocycles. The van der Waals surface area contributed by atoms with Gasteiger partial charge in [0.15, 0.2) is 0 Å². The maximum Gasteiger partial charge on any atom is 0.0846 e. The summed E-state index contributed by atoms with van der Waals surface area (Å²) in [5.74, 6) is 0. The summed E-state index contributed by atoms with van der Waals surface area (Å²) < 4.78 is 0. The second kappa shape index (κ2) is 4.90. The third-order valence-corrected chi connectivity index (χ3v) is 4.02. The fraction of sp³-hybridized carbons (Fsp3) is 0.462. The molecule has 0 aromatic heterocycles. The van der Waals surface area contributed by atoms with E-state index in [1.807, 2.05) is 0 Å². The van der Waals surface area contributed by atoms with Crippen molar-refractivity contribution in [3.8, 4) is 6.07 Å². The van der Waals surface area contributed by atoms with E-state index in [4.69, 9.17) is 0 Å². The minimum atomic E-state index is -0.267. The Balaban J connectivity index is 2.36. The Morgan fingerprint density at radius 1 is 1.38 bits per heavy atom. The number of thioether (sulfide) groups is 1. The van der Waals surface area contributed by atoms with Crippen molar-refractivity contribution in [3.63, 3.8) is 0 Å². The predicted octanol–water partition coefficient (Wildman–Crippen LogP) is 2.55. The van der Waals surface area contributed by atoms with Crippen LogP contribution in [0.5, 0.6) is 0 Å². The van der Waals surface area contributed by atoms with Crippen molar-refractivity contribution in [3.05, 3.63) is 29.8 Å². The molecule has 1 heterocycles. The lowest BCUT2D eigenvalue weighted by molar-refractivity contribution is 0.382. The zero-order chi connectivity index (χ0) is 11.4. The van der Waals surface area contributed by atoms with Crippen LogP contribution in [-0.2, 0) is 5.41 Å². The summed E-state index contributed by atoms with van der Waals surface area (Å²) in [5.41, 5.74) is 0.917. The molecule has 2 rings (SSSR count). The van der Waals surface area contributed by atoms with Crippen LogP contribution in [0.2, 0.25) is 0 Å². The molecule has 1 aromatic carbocycles. The van der Waals surface area contributed by atoms with E-state index in [9.17, 15) is 5.26 Å². The van der Waals surface area contributed by atoms with Crippen molar-refractivity contribution < 1.29 is 0 Å². The van der Waals surface area contributed by atoms with Gasteiger partial charge in [0, 0.05) is 4.90 Å². The smallest absolute Gasteiger partial charge is 0.0846 e. The second-order valence-corrected chi connectivity index (χ2v) is 5.06. The number of hydrogen-bond donors (Lipinski definition) is 1. The average molecular weight is 232 g/mol. The van der Waals surface area contributed by atoms with Gasteiger partial charge < -0.3 is 5.32 Å². The van der Waals surface area contributed by atoms with Crippen LogP contribution in [0.15, 0.2) is 29.2 Å². The standard InChI is InChI=1S/C13H16N2S/c1-16-12-4-2-3-11(9-12)13(10-14)5-7-15-8-6-13/h2-4,9,15H,5-8H2,1H3. The van der Waals surface area contributed by atoms with Crippen LogP contribution < -0.4 is 5.32 Å². The van der Waals surface area contributed by atoms with Crippen LogP contribution in [0, 0.1) is 11.3 Å². The Morgan fingerprint density at radius 2 is 2.12 bits per heavy atom. The molecule has 16 heavy (non-hydrogen) atoms. The highest BCUT2D eigenvalue weighted by atomic mass is 32.2. The molecule has 1 aliphatic rings. The largest absolute Gasteiger partial charge is 0.317 e. The Bertz CT molecular complexity index is 403. The van der Waals surface area contributed by atoms with Gasteiger partial charge in [-0.05, 0) is 49.9 Å². The summed E-state index contributed by atoms with van der Waals surface area (Å²) in [6.45, 7) is 1.88. The van der Waals surface area contributed by atoms with Crippen LogP contribution in [0.25, 0.3) is 0 Å². The number of hydrogen-bond acceptors (Lipinski definition) is 3. The highest BCUT2D eigenvalue weighted by molar-refractivity contribution is 7.98. The van der Waals surface area contributed by atoms with Crippen molar-refractivity contribution in [1.82, 2.24) is 5.32 Å². The Morgan fingerprint density at radius 3 is 2.75 bits per heavy atom. The molecular weight excluding hydrogens is 216 g/mol. The zero-order valence-electron chi connectivity index (χ0n) is 9.49. The van der Waals surface area contributed by atoms with Crippen molar-refractivity contribution in [2.75, 3.05) is 19.3 Å². The van der Waals surface area contributed by atoms with Gasteiger partial charge in [-0.25, -0.2) is 0 Å². The maximum absolute atomic E-state index is 9.47. The van der Waals surface area contributed by atoms with Gasteiger partial charge >= 0.3 is 0 Å². The average Bonchev–Trinajstić information content (AvgIpc) is 2.39. The lowest BCUT2D eigenvalue weighted by atomic mass is 9.74. The van der Waals surface area contributed by atoms with Gasteiger partial charge in [-0.1, -0.05) is 12.1 Å². The molecule has 1 aromatic rings. The minimum Gasteiger partial charge on any atom is -0.317 e. The first kappa shape index (κ1) is 11.5. The van der Waals surface area contributed by atoms with Gasteiger partial charge in [-0.15, -0.1) is 11.8 Å². The minimum absolute atomic E-state index is 0.267. The normalized spacial score (nSPS) is 19.0. The summed E-state index contributed by atoms with van der Waals surface area (Å²) in [7, 11) is 0. The van der Waals surface area contributed by atoms with Gasteiger partial charge in [-0.3, -0.25) is 0 Å². The SMILES string of the molecule is CSc1cccc(C2(C#N)CCNCC2)c1. The maximum atomic E-state index is 9.47. The van der Waals surface area contributed by atoms with E-state index in [0.717, 1.165) is 25.9 Å². The van der Waals surface area contributed by atoms with E-state index >= 15 is 0 Å². The lowest BCUT2D eigenvalue weighted by Gasteiger charge is -2.31. The van der Waals surface area contributed by atoms with Gasteiger partial charge in [0.2, 0.25) is 0 Å². The van der Waals surface area contributed by atoms with Gasteiger partial charge in [0.05, 0.1) is 11.5 Å². The number of nitriles is 1. The molecule has 0 spiro atoms. The summed E-state index contributed by atoms with van der Waals surface area (Å²) in [4.78, 5) is 1.24. The first-order valence-corrected chi connectivity index (χ1v) is 6.80. The van der Waals surface area contributed by atoms with E-state index in [1.54, 1.807) is 11.8 Å². The molecule has 1 N–H and O–H groups in total. The van der Waals surface area contributed by atoms with Gasteiger partial charge in [0.1, 0.15) is 0 Å². The van der Waals surface area contributed by atoms with E-state index in [-0.39, 0.29) is 5.41 Å². The Kier molecular flexibility index (Phi) is 3.52. The quantitative estimate of drug-likeness (QED) is 0.796. The molecular formula is C13H16N2S. The summed E-state index contributed by atoms with van der Waals surface area (Å²) in [6.07, 6.45) is 3.91. The number of piperidine rings is 1. The predicted molar refractivity (Wildman–Crippen MR) is 67.6 cm³/mol. The molecule has 84 valence electrons. The third kappa shape index (κ3) is 2.09. The number of rotatable bonds is 2. The van der Waals surface area contributed by atoms with Gasteiger partial charge in [0.25, 0.3) is 0 Å². The molecule has 0 amide bonds. The molecule has 1 aliphatic heterocycles. The molecule has 2 nitrogen and oxygen atoms in total. The highest BCUT2D eigenvalue weighted by Gasteiger charge is 2.33.